The van der Waals surface area contributed by atoms with Crippen LogP contribution < -0.4 is 4.74 Å². The maximum atomic E-state index is 12.1. The molecule has 1 aromatic rings. The highest BCUT2D eigenvalue weighted by Crippen LogP contribution is 2.36. The van der Waals surface area contributed by atoms with Gasteiger partial charge in [-0.15, -0.1) is 6.42 Å². The van der Waals surface area contributed by atoms with Crippen LogP contribution in [0, 0.1) is 12.3 Å². The van der Waals surface area contributed by atoms with E-state index in [9.17, 15) is 4.79 Å². The summed E-state index contributed by atoms with van der Waals surface area (Å²) in [4.78, 5) is 14.0. The lowest BCUT2D eigenvalue weighted by molar-refractivity contribution is -0.130. The first-order chi connectivity index (χ1) is 10.1. The van der Waals surface area contributed by atoms with Crippen molar-refractivity contribution in [2.75, 3.05) is 7.11 Å². The van der Waals surface area contributed by atoms with Gasteiger partial charge in [-0.2, -0.15) is 0 Å². The second-order valence-electron chi connectivity index (χ2n) is 5.60. The molecule has 0 fully saturated rings. The van der Waals surface area contributed by atoms with Crippen LogP contribution in [-0.2, 0) is 11.2 Å². The molecular weight excluding hydrogens is 262 g/mol. The van der Waals surface area contributed by atoms with E-state index in [4.69, 9.17) is 11.2 Å². The van der Waals surface area contributed by atoms with Crippen LogP contribution in [0.5, 0.6) is 5.75 Å². The van der Waals surface area contributed by atoms with Crippen molar-refractivity contribution in [2.45, 2.75) is 51.6 Å². The number of unbranched alkanes of at least 4 members (excludes halogenated alkanes) is 1. The molecule has 3 heteroatoms. The van der Waals surface area contributed by atoms with E-state index >= 15 is 0 Å². The maximum Gasteiger partial charge on any atom is 0.298 e. The van der Waals surface area contributed by atoms with Crippen molar-refractivity contribution in [1.82, 2.24) is 4.90 Å². The SMILES string of the molecule is C#CC(=O)N1[C@@H](CCCC)Cc2cc(OC)ccc2[C@@H]1C. The van der Waals surface area contributed by atoms with E-state index in [0.29, 0.717) is 0 Å². The van der Waals surface area contributed by atoms with E-state index in [-0.39, 0.29) is 18.0 Å². The largest absolute Gasteiger partial charge is 0.497 e. The summed E-state index contributed by atoms with van der Waals surface area (Å²) in [5.41, 5.74) is 2.44. The normalized spacial score (nSPS) is 20.6. The number of fused-ring (bicyclic) bond motifs is 1. The Kier molecular flexibility index (Phi) is 4.90. The van der Waals surface area contributed by atoms with Crippen LogP contribution in [0.4, 0.5) is 0 Å². The van der Waals surface area contributed by atoms with Crippen LogP contribution in [0.3, 0.4) is 0 Å². The van der Waals surface area contributed by atoms with Gasteiger partial charge in [0.05, 0.1) is 13.2 Å². The molecule has 0 spiro atoms. The third kappa shape index (κ3) is 3.05. The summed E-state index contributed by atoms with van der Waals surface area (Å²) in [6.45, 7) is 4.22. The predicted molar refractivity (Wildman–Crippen MR) is 84.1 cm³/mol. The number of carbonyl (C=O) groups is 1. The summed E-state index contributed by atoms with van der Waals surface area (Å²) < 4.78 is 5.31. The van der Waals surface area contributed by atoms with Gasteiger partial charge in [-0.05, 0) is 48.9 Å². The van der Waals surface area contributed by atoms with E-state index in [1.54, 1.807) is 7.11 Å². The average Bonchev–Trinajstić information content (AvgIpc) is 2.51. The zero-order valence-electron chi connectivity index (χ0n) is 13.1. The molecular formula is C18H23NO2. The molecule has 0 N–H and O–H groups in total. The molecule has 0 bridgehead atoms. The highest BCUT2D eigenvalue weighted by molar-refractivity contribution is 5.93. The Morgan fingerprint density at radius 2 is 2.29 bits per heavy atom. The average molecular weight is 285 g/mol. The molecule has 1 aliphatic heterocycles. The van der Waals surface area contributed by atoms with Gasteiger partial charge in [0.1, 0.15) is 5.75 Å². The standard InChI is InChI=1S/C18H23NO2/c1-5-7-8-15-11-14-12-16(21-4)9-10-17(14)13(3)19(15)18(20)6-2/h2,9-10,12-13,15H,5,7-8,11H2,1,3-4H3/t13-,15-/m0/s1. The summed E-state index contributed by atoms with van der Waals surface area (Å²) in [5, 5.41) is 0. The molecule has 112 valence electrons. The minimum Gasteiger partial charge on any atom is -0.497 e. The van der Waals surface area contributed by atoms with Crippen molar-refractivity contribution in [1.29, 1.82) is 0 Å². The molecule has 3 nitrogen and oxygen atoms in total. The number of ether oxygens (including phenoxy) is 1. The summed E-state index contributed by atoms with van der Waals surface area (Å²) in [7, 11) is 1.68. The van der Waals surface area contributed by atoms with Gasteiger partial charge in [-0.1, -0.05) is 25.8 Å². The highest BCUT2D eigenvalue weighted by atomic mass is 16.5. The van der Waals surface area contributed by atoms with Crippen LogP contribution in [0.1, 0.15) is 50.3 Å². The van der Waals surface area contributed by atoms with Gasteiger partial charge < -0.3 is 9.64 Å². The Bertz CT molecular complexity index is 559. The van der Waals surface area contributed by atoms with Crippen LogP contribution in [0.15, 0.2) is 18.2 Å². The second-order valence-corrected chi connectivity index (χ2v) is 5.60. The van der Waals surface area contributed by atoms with E-state index in [0.717, 1.165) is 31.4 Å². The first kappa shape index (κ1) is 15.4. The molecule has 0 aliphatic carbocycles. The number of hydrogen-bond donors (Lipinski definition) is 0. The molecule has 21 heavy (non-hydrogen) atoms. The monoisotopic (exact) mass is 285 g/mol. The number of nitrogens with zero attached hydrogens (tertiary/aromatic N) is 1. The van der Waals surface area contributed by atoms with Crippen molar-refractivity contribution < 1.29 is 9.53 Å². The topological polar surface area (TPSA) is 29.5 Å². The lowest BCUT2D eigenvalue weighted by atomic mass is 9.86. The molecule has 0 unspecified atom stereocenters. The van der Waals surface area contributed by atoms with Gasteiger partial charge in [0.15, 0.2) is 0 Å². The molecule has 1 aliphatic rings. The third-order valence-corrected chi connectivity index (χ3v) is 4.32. The lowest BCUT2D eigenvalue weighted by Gasteiger charge is -2.41. The number of rotatable bonds is 4. The van der Waals surface area contributed by atoms with Crippen molar-refractivity contribution >= 4 is 5.91 Å². The van der Waals surface area contributed by atoms with Crippen molar-refractivity contribution in [3.63, 3.8) is 0 Å². The molecule has 2 rings (SSSR count). The fraction of sp³-hybridized carbons (Fsp3) is 0.500. The zero-order valence-corrected chi connectivity index (χ0v) is 13.1. The first-order valence-corrected chi connectivity index (χ1v) is 7.58. The van der Waals surface area contributed by atoms with E-state index in [2.05, 4.69) is 25.8 Å². The molecule has 0 radical (unpaired) electrons. The van der Waals surface area contributed by atoms with Crippen LogP contribution >= 0.6 is 0 Å². The molecule has 1 heterocycles. The summed E-state index contributed by atoms with van der Waals surface area (Å²) in [6, 6.07) is 6.28. The minimum atomic E-state index is -0.204. The number of amides is 1. The van der Waals surface area contributed by atoms with Crippen molar-refractivity contribution in [3.05, 3.63) is 29.3 Å². The van der Waals surface area contributed by atoms with Crippen LogP contribution in [0.25, 0.3) is 0 Å². The van der Waals surface area contributed by atoms with E-state index in [1.165, 1.54) is 11.1 Å². The number of benzene rings is 1. The van der Waals surface area contributed by atoms with E-state index < -0.39 is 0 Å². The van der Waals surface area contributed by atoms with Crippen molar-refractivity contribution in [3.8, 4) is 18.1 Å². The van der Waals surface area contributed by atoms with Gasteiger partial charge >= 0.3 is 0 Å². The molecule has 0 saturated heterocycles. The summed E-state index contributed by atoms with van der Waals surface area (Å²) in [6.07, 6.45) is 9.42. The Morgan fingerprint density at radius 1 is 1.52 bits per heavy atom. The van der Waals surface area contributed by atoms with Gasteiger partial charge in [0.2, 0.25) is 0 Å². The molecule has 0 aromatic heterocycles. The Labute approximate surface area is 127 Å². The zero-order chi connectivity index (χ0) is 15.4. The minimum absolute atomic E-state index is 0.0186. The highest BCUT2D eigenvalue weighted by Gasteiger charge is 2.34. The van der Waals surface area contributed by atoms with Gasteiger partial charge in [-0.3, -0.25) is 4.79 Å². The fourth-order valence-electron chi connectivity index (χ4n) is 3.21. The van der Waals surface area contributed by atoms with Crippen molar-refractivity contribution in [2.24, 2.45) is 0 Å². The predicted octanol–water partition coefficient (Wildman–Crippen LogP) is 3.33. The number of carbonyl (C=O) groups excluding carboxylic acids is 1. The lowest BCUT2D eigenvalue weighted by Crippen LogP contribution is -2.46. The van der Waals surface area contributed by atoms with Gasteiger partial charge in [0.25, 0.3) is 5.91 Å². The molecule has 0 saturated carbocycles. The Morgan fingerprint density at radius 3 is 2.90 bits per heavy atom. The second kappa shape index (κ2) is 6.67. The Hall–Kier alpha value is -1.95. The summed E-state index contributed by atoms with van der Waals surface area (Å²) in [5.74, 6) is 2.95. The Balaban J connectivity index is 2.37. The first-order valence-electron chi connectivity index (χ1n) is 7.58. The molecule has 1 aromatic carbocycles. The van der Waals surface area contributed by atoms with Gasteiger partial charge in [0, 0.05) is 6.04 Å². The number of terminal acetylenes is 1. The van der Waals surface area contributed by atoms with Crippen LogP contribution in [0.2, 0.25) is 0 Å². The van der Waals surface area contributed by atoms with E-state index in [1.807, 2.05) is 17.0 Å². The number of hydrogen-bond acceptors (Lipinski definition) is 2. The molecule has 2 atom stereocenters. The molecule has 1 amide bonds. The smallest absolute Gasteiger partial charge is 0.298 e. The van der Waals surface area contributed by atoms with Crippen LogP contribution in [-0.4, -0.2) is 24.0 Å². The number of methoxy groups -OCH3 is 1. The quantitative estimate of drug-likeness (QED) is 0.794. The summed E-state index contributed by atoms with van der Waals surface area (Å²) >= 11 is 0. The maximum absolute atomic E-state index is 12.1. The fourth-order valence-corrected chi connectivity index (χ4v) is 3.21. The van der Waals surface area contributed by atoms with Gasteiger partial charge in [-0.25, -0.2) is 0 Å². The third-order valence-electron chi connectivity index (χ3n) is 4.32.